The first-order valence-corrected chi connectivity index (χ1v) is 7.67. The molecule has 1 atom stereocenters. The summed E-state index contributed by atoms with van der Waals surface area (Å²) >= 11 is 1.79. The predicted molar refractivity (Wildman–Crippen MR) is 104 cm³/mol. The molecule has 0 radical (unpaired) electrons. The molecule has 2 rings (SSSR count). The Labute approximate surface area is 147 Å². The maximum atomic E-state index is 5.91. The van der Waals surface area contributed by atoms with Crippen LogP contribution in [-0.2, 0) is 6.42 Å². The van der Waals surface area contributed by atoms with Gasteiger partial charge in [0, 0.05) is 17.1 Å². The van der Waals surface area contributed by atoms with Crippen LogP contribution < -0.4 is 11.1 Å². The number of hydrogen-bond acceptors (Lipinski definition) is 2. The molecule has 3 nitrogen and oxygen atoms in total. The summed E-state index contributed by atoms with van der Waals surface area (Å²) in [5.74, 6) is 0.971. The number of nitrogens with one attached hydrogen (secondary N) is 1. The molecule has 0 aliphatic rings. The van der Waals surface area contributed by atoms with Crippen molar-refractivity contribution in [3.05, 3.63) is 52.2 Å². The molecule has 114 valence electrons. The van der Waals surface area contributed by atoms with E-state index in [9.17, 15) is 0 Å². The topological polar surface area (TPSA) is 50.4 Å². The molecule has 0 amide bonds. The molecule has 0 saturated carbocycles. The number of anilines is 1. The third-order valence-electron chi connectivity index (χ3n) is 3.03. The van der Waals surface area contributed by atoms with E-state index in [4.69, 9.17) is 5.73 Å². The zero-order valence-corrected chi connectivity index (χ0v) is 15.5. The van der Waals surface area contributed by atoms with Gasteiger partial charge in [0.15, 0.2) is 5.96 Å². The fourth-order valence-corrected chi connectivity index (χ4v) is 2.79. The molecular weight excluding hydrogens is 393 g/mol. The first-order valence-electron chi connectivity index (χ1n) is 6.79. The second-order valence-electron chi connectivity index (χ2n) is 5.11. The molecule has 0 aliphatic heterocycles. The van der Waals surface area contributed by atoms with Gasteiger partial charge in [-0.1, -0.05) is 30.7 Å². The highest BCUT2D eigenvalue weighted by Gasteiger charge is 2.04. The van der Waals surface area contributed by atoms with Crippen molar-refractivity contribution in [3.8, 4) is 0 Å². The van der Waals surface area contributed by atoms with E-state index >= 15 is 0 Å². The molecule has 2 aromatic rings. The minimum atomic E-state index is 0. The van der Waals surface area contributed by atoms with Gasteiger partial charge < -0.3 is 11.1 Å². The van der Waals surface area contributed by atoms with Gasteiger partial charge in [0.2, 0.25) is 0 Å². The summed E-state index contributed by atoms with van der Waals surface area (Å²) < 4.78 is 0. The van der Waals surface area contributed by atoms with E-state index in [2.05, 4.69) is 53.8 Å². The second-order valence-corrected chi connectivity index (χ2v) is 6.14. The summed E-state index contributed by atoms with van der Waals surface area (Å²) in [6, 6.07) is 12.4. The fourth-order valence-electron chi connectivity index (χ4n) is 1.92. The lowest BCUT2D eigenvalue weighted by Gasteiger charge is -2.09. The number of hydrogen-bond donors (Lipinski definition) is 2. The highest BCUT2D eigenvalue weighted by Crippen LogP contribution is 2.14. The molecule has 0 spiro atoms. The first-order chi connectivity index (χ1) is 9.63. The van der Waals surface area contributed by atoms with Crippen LogP contribution in [0.2, 0.25) is 0 Å². The Balaban J connectivity index is 0.00000220. The summed E-state index contributed by atoms with van der Waals surface area (Å²) in [6.07, 6.45) is 1.05. The molecule has 3 N–H and O–H groups in total. The zero-order valence-electron chi connectivity index (χ0n) is 12.4. The summed E-state index contributed by atoms with van der Waals surface area (Å²) in [7, 11) is 0. The number of guanidine groups is 1. The summed E-state index contributed by atoms with van der Waals surface area (Å²) in [5.41, 5.74) is 8.11. The normalized spacial score (nSPS) is 12.6. The SMILES string of the molecule is Cc1ccc(NC(N)=NCC(C)Cc2cccs2)cc1.I. The van der Waals surface area contributed by atoms with Crippen molar-refractivity contribution < 1.29 is 0 Å². The van der Waals surface area contributed by atoms with Crippen LogP contribution in [0.1, 0.15) is 17.4 Å². The highest BCUT2D eigenvalue weighted by atomic mass is 127. The Morgan fingerprint density at radius 2 is 2.00 bits per heavy atom. The summed E-state index contributed by atoms with van der Waals surface area (Å²) in [4.78, 5) is 5.81. The number of aliphatic imine (C=N–C) groups is 1. The van der Waals surface area contributed by atoms with E-state index in [-0.39, 0.29) is 24.0 Å². The number of halogens is 1. The van der Waals surface area contributed by atoms with Crippen LogP contribution in [0, 0.1) is 12.8 Å². The van der Waals surface area contributed by atoms with Crippen molar-refractivity contribution in [1.29, 1.82) is 0 Å². The van der Waals surface area contributed by atoms with Crippen LogP contribution in [0.3, 0.4) is 0 Å². The van der Waals surface area contributed by atoms with E-state index in [1.807, 2.05) is 12.1 Å². The lowest BCUT2D eigenvalue weighted by Crippen LogP contribution is -2.23. The molecule has 0 fully saturated rings. The number of nitrogens with two attached hydrogens (primary N) is 1. The van der Waals surface area contributed by atoms with Gasteiger partial charge in [0.25, 0.3) is 0 Å². The van der Waals surface area contributed by atoms with E-state index in [0.717, 1.165) is 18.7 Å². The van der Waals surface area contributed by atoms with Crippen molar-refractivity contribution >= 4 is 47.0 Å². The van der Waals surface area contributed by atoms with E-state index in [0.29, 0.717) is 11.9 Å². The van der Waals surface area contributed by atoms with Gasteiger partial charge >= 0.3 is 0 Å². The maximum Gasteiger partial charge on any atom is 0.193 e. The number of benzene rings is 1. The lowest BCUT2D eigenvalue weighted by atomic mass is 10.1. The molecule has 1 aromatic carbocycles. The van der Waals surface area contributed by atoms with Gasteiger partial charge in [-0.2, -0.15) is 0 Å². The van der Waals surface area contributed by atoms with Crippen molar-refractivity contribution in [2.75, 3.05) is 11.9 Å². The highest BCUT2D eigenvalue weighted by molar-refractivity contribution is 14.0. The lowest BCUT2D eigenvalue weighted by molar-refractivity contribution is 0.599. The quantitative estimate of drug-likeness (QED) is 0.435. The van der Waals surface area contributed by atoms with E-state index in [1.165, 1.54) is 10.4 Å². The molecule has 0 aliphatic carbocycles. The molecule has 5 heteroatoms. The maximum absolute atomic E-state index is 5.91. The molecule has 21 heavy (non-hydrogen) atoms. The van der Waals surface area contributed by atoms with Crippen LogP contribution in [0.25, 0.3) is 0 Å². The minimum absolute atomic E-state index is 0. The van der Waals surface area contributed by atoms with Gasteiger partial charge in [-0.3, -0.25) is 4.99 Å². The number of nitrogens with zero attached hydrogens (tertiary/aromatic N) is 1. The fraction of sp³-hybridized carbons (Fsp3) is 0.312. The zero-order chi connectivity index (χ0) is 14.4. The Morgan fingerprint density at radius 1 is 1.29 bits per heavy atom. The van der Waals surface area contributed by atoms with Crippen molar-refractivity contribution in [3.63, 3.8) is 0 Å². The smallest absolute Gasteiger partial charge is 0.193 e. The standard InChI is InChI=1S/C16H21N3S.HI/c1-12-5-7-14(8-6-12)19-16(17)18-11-13(2)10-15-4-3-9-20-15;/h3-9,13H,10-11H2,1-2H3,(H3,17,18,19);1H. The Hall–Kier alpha value is -1.08. The van der Waals surface area contributed by atoms with Crippen molar-refractivity contribution in [2.45, 2.75) is 20.3 Å². The van der Waals surface area contributed by atoms with Crippen molar-refractivity contribution in [2.24, 2.45) is 16.6 Å². The third-order valence-corrected chi connectivity index (χ3v) is 3.93. The monoisotopic (exact) mass is 415 g/mol. The largest absolute Gasteiger partial charge is 0.370 e. The van der Waals surface area contributed by atoms with Crippen molar-refractivity contribution in [1.82, 2.24) is 0 Å². The van der Waals surface area contributed by atoms with Gasteiger partial charge in [-0.05, 0) is 42.8 Å². The van der Waals surface area contributed by atoms with Crippen LogP contribution in [-0.4, -0.2) is 12.5 Å². The molecular formula is C16H22IN3S. The summed E-state index contributed by atoms with van der Waals surface area (Å²) in [6.45, 7) is 5.00. The van der Waals surface area contributed by atoms with Gasteiger partial charge in [0.1, 0.15) is 0 Å². The molecule has 1 aromatic heterocycles. The van der Waals surface area contributed by atoms with Gasteiger partial charge in [0.05, 0.1) is 0 Å². The molecule has 1 unspecified atom stereocenters. The van der Waals surface area contributed by atoms with Gasteiger partial charge in [-0.25, -0.2) is 0 Å². The Kier molecular flexibility index (Phi) is 7.74. The minimum Gasteiger partial charge on any atom is -0.370 e. The van der Waals surface area contributed by atoms with Crippen LogP contribution in [0.4, 0.5) is 5.69 Å². The van der Waals surface area contributed by atoms with Crippen LogP contribution in [0.5, 0.6) is 0 Å². The summed E-state index contributed by atoms with van der Waals surface area (Å²) in [5, 5.41) is 5.22. The predicted octanol–water partition coefficient (Wildman–Crippen LogP) is 4.28. The Morgan fingerprint density at radius 3 is 2.62 bits per heavy atom. The van der Waals surface area contributed by atoms with E-state index < -0.39 is 0 Å². The van der Waals surface area contributed by atoms with Crippen LogP contribution in [0.15, 0.2) is 46.8 Å². The van der Waals surface area contributed by atoms with Gasteiger partial charge in [-0.15, -0.1) is 35.3 Å². The number of aryl methyl sites for hydroxylation is 1. The van der Waals surface area contributed by atoms with Crippen LogP contribution >= 0.6 is 35.3 Å². The molecule has 0 bridgehead atoms. The first kappa shape index (κ1) is 18.0. The second kappa shape index (κ2) is 9.04. The number of thiophene rings is 1. The molecule has 1 heterocycles. The average molecular weight is 415 g/mol. The Bertz CT molecular complexity index is 549. The number of rotatable bonds is 5. The molecule has 0 saturated heterocycles. The third kappa shape index (κ3) is 6.48. The average Bonchev–Trinajstić information content (AvgIpc) is 2.92. The van der Waals surface area contributed by atoms with E-state index in [1.54, 1.807) is 11.3 Å².